The fourth-order valence-corrected chi connectivity index (χ4v) is 2.01. The Labute approximate surface area is 145 Å². The fraction of sp³-hybridized carbons (Fsp3) is 0.222. The minimum absolute atomic E-state index is 0.103. The highest BCUT2D eigenvalue weighted by Gasteiger charge is 2.21. The molecule has 24 heavy (non-hydrogen) atoms. The van der Waals surface area contributed by atoms with Gasteiger partial charge < -0.3 is 15.8 Å². The third kappa shape index (κ3) is 4.49. The van der Waals surface area contributed by atoms with Gasteiger partial charge in [-0.3, -0.25) is 9.59 Å². The lowest BCUT2D eigenvalue weighted by Gasteiger charge is -2.18. The maximum absolute atomic E-state index is 12.0. The van der Waals surface area contributed by atoms with Gasteiger partial charge in [-0.1, -0.05) is 32.4 Å². The Balaban J connectivity index is 2.12. The van der Waals surface area contributed by atoms with Gasteiger partial charge in [0.1, 0.15) is 11.5 Å². The number of carbonyl (C=O) groups is 2. The predicted octanol–water partition coefficient (Wildman–Crippen LogP) is 4.22. The Morgan fingerprint density at radius 1 is 1.08 bits per heavy atom. The molecule has 2 aromatic carbocycles. The van der Waals surface area contributed by atoms with Gasteiger partial charge in [0.2, 0.25) is 11.8 Å². The largest absolute Gasteiger partial charge is 0.456 e. The molecule has 0 saturated heterocycles. The summed E-state index contributed by atoms with van der Waals surface area (Å²) in [6.45, 7) is 5.49. The van der Waals surface area contributed by atoms with E-state index in [4.69, 9.17) is 22.1 Å². The lowest BCUT2D eigenvalue weighted by Crippen LogP contribution is -2.27. The van der Waals surface area contributed by atoms with Crippen LogP contribution in [0.1, 0.15) is 31.1 Å². The van der Waals surface area contributed by atoms with Crippen LogP contribution in [0.15, 0.2) is 42.5 Å². The lowest BCUT2D eigenvalue weighted by molar-refractivity contribution is -0.123. The van der Waals surface area contributed by atoms with Crippen LogP contribution in [0.3, 0.4) is 0 Å². The lowest BCUT2D eigenvalue weighted by atomic mass is 9.95. The van der Waals surface area contributed by atoms with E-state index < -0.39 is 11.3 Å². The molecule has 6 heteroatoms. The number of rotatable bonds is 4. The number of primary amides is 1. The van der Waals surface area contributed by atoms with Gasteiger partial charge in [-0.25, -0.2) is 0 Å². The third-order valence-corrected chi connectivity index (χ3v) is 3.53. The molecule has 0 radical (unpaired) electrons. The Kier molecular flexibility index (Phi) is 5.14. The number of anilines is 1. The number of hydrogen-bond acceptors (Lipinski definition) is 3. The van der Waals surface area contributed by atoms with Crippen molar-refractivity contribution in [2.24, 2.45) is 11.1 Å². The molecular formula is C18H19ClN2O3. The van der Waals surface area contributed by atoms with Gasteiger partial charge >= 0.3 is 0 Å². The SMILES string of the molecule is CC(C)(C)C(=O)Nc1ccc(Oc2ccc(C(N)=O)cc2)c(Cl)c1. The molecule has 5 nitrogen and oxygen atoms in total. The summed E-state index contributed by atoms with van der Waals surface area (Å²) >= 11 is 6.21. The summed E-state index contributed by atoms with van der Waals surface area (Å²) in [7, 11) is 0. The van der Waals surface area contributed by atoms with Crippen molar-refractivity contribution in [2.75, 3.05) is 5.32 Å². The molecule has 126 valence electrons. The summed E-state index contributed by atoms with van der Waals surface area (Å²) in [6, 6.07) is 11.4. The third-order valence-electron chi connectivity index (χ3n) is 3.24. The van der Waals surface area contributed by atoms with Crippen molar-refractivity contribution in [1.82, 2.24) is 0 Å². The van der Waals surface area contributed by atoms with Crippen LogP contribution >= 0.6 is 11.6 Å². The fourth-order valence-electron chi connectivity index (χ4n) is 1.79. The second-order valence-electron chi connectivity index (χ2n) is 6.34. The summed E-state index contributed by atoms with van der Waals surface area (Å²) in [4.78, 5) is 23.0. The zero-order valence-corrected chi connectivity index (χ0v) is 14.5. The molecule has 3 N–H and O–H groups in total. The summed E-state index contributed by atoms with van der Waals surface area (Å²) < 4.78 is 5.67. The Bertz CT molecular complexity index is 765. The standard InChI is InChI=1S/C18H19ClN2O3/c1-18(2,3)17(23)21-12-6-9-15(14(19)10-12)24-13-7-4-11(5-8-13)16(20)22/h4-10H,1-3H3,(H2,20,22)(H,21,23). The second-order valence-corrected chi connectivity index (χ2v) is 6.75. The molecule has 0 spiro atoms. The van der Waals surface area contributed by atoms with Gasteiger partial charge in [-0.15, -0.1) is 0 Å². The van der Waals surface area contributed by atoms with E-state index in [2.05, 4.69) is 5.32 Å². The molecule has 0 saturated carbocycles. The van der Waals surface area contributed by atoms with Gasteiger partial charge in [0.25, 0.3) is 0 Å². The van der Waals surface area contributed by atoms with E-state index in [1.165, 1.54) is 0 Å². The highest BCUT2D eigenvalue weighted by atomic mass is 35.5. The number of ether oxygens (including phenoxy) is 1. The van der Waals surface area contributed by atoms with Crippen molar-refractivity contribution in [2.45, 2.75) is 20.8 Å². The molecule has 2 amide bonds. The van der Waals surface area contributed by atoms with E-state index in [1.807, 2.05) is 20.8 Å². The van der Waals surface area contributed by atoms with Crippen molar-refractivity contribution >= 4 is 29.1 Å². The summed E-state index contributed by atoms with van der Waals surface area (Å²) in [5, 5.41) is 3.17. The van der Waals surface area contributed by atoms with Gasteiger partial charge in [-0.05, 0) is 42.5 Å². The highest BCUT2D eigenvalue weighted by molar-refractivity contribution is 6.32. The smallest absolute Gasteiger partial charge is 0.248 e. The molecule has 0 unspecified atom stereocenters. The summed E-state index contributed by atoms with van der Waals surface area (Å²) in [5.41, 5.74) is 5.69. The average Bonchev–Trinajstić information content (AvgIpc) is 2.49. The van der Waals surface area contributed by atoms with Crippen LogP contribution in [-0.4, -0.2) is 11.8 Å². The molecule has 0 aliphatic rings. The zero-order valence-electron chi connectivity index (χ0n) is 13.7. The summed E-state index contributed by atoms with van der Waals surface area (Å²) in [6.07, 6.45) is 0. The molecule has 0 aliphatic heterocycles. The number of benzene rings is 2. The minimum atomic E-state index is -0.501. The highest BCUT2D eigenvalue weighted by Crippen LogP contribution is 2.32. The van der Waals surface area contributed by atoms with Gasteiger partial charge in [0.15, 0.2) is 0 Å². The minimum Gasteiger partial charge on any atom is -0.456 e. The van der Waals surface area contributed by atoms with Crippen LogP contribution in [0.4, 0.5) is 5.69 Å². The maximum atomic E-state index is 12.0. The second kappa shape index (κ2) is 6.93. The molecule has 0 aromatic heterocycles. The number of halogens is 1. The number of nitrogens with two attached hydrogens (primary N) is 1. The predicted molar refractivity (Wildman–Crippen MR) is 94.6 cm³/mol. The van der Waals surface area contributed by atoms with E-state index in [1.54, 1.807) is 42.5 Å². The topological polar surface area (TPSA) is 81.4 Å². The first-order valence-corrected chi connectivity index (χ1v) is 7.73. The van der Waals surface area contributed by atoms with Gasteiger partial charge in [0, 0.05) is 16.7 Å². The Morgan fingerprint density at radius 2 is 1.71 bits per heavy atom. The molecule has 0 bridgehead atoms. The maximum Gasteiger partial charge on any atom is 0.248 e. The molecule has 0 aliphatic carbocycles. The van der Waals surface area contributed by atoms with E-state index >= 15 is 0 Å². The molecule has 2 rings (SSSR count). The first-order chi connectivity index (χ1) is 11.2. The Hall–Kier alpha value is -2.53. The van der Waals surface area contributed by atoms with Crippen LogP contribution in [0.2, 0.25) is 5.02 Å². The quantitative estimate of drug-likeness (QED) is 0.869. The van der Waals surface area contributed by atoms with Crippen molar-refractivity contribution in [1.29, 1.82) is 0 Å². The van der Waals surface area contributed by atoms with E-state index in [0.717, 1.165) is 0 Å². The molecule has 0 fully saturated rings. The van der Waals surface area contributed by atoms with E-state index in [-0.39, 0.29) is 5.91 Å². The molecule has 2 aromatic rings. The van der Waals surface area contributed by atoms with Gasteiger partial charge in [-0.2, -0.15) is 0 Å². The van der Waals surface area contributed by atoms with Crippen molar-refractivity contribution in [3.05, 3.63) is 53.1 Å². The van der Waals surface area contributed by atoms with Crippen molar-refractivity contribution < 1.29 is 14.3 Å². The van der Waals surface area contributed by atoms with Crippen LogP contribution in [0.25, 0.3) is 0 Å². The number of hydrogen-bond donors (Lipinski definition) is 2. The zero-order chi connectivity index (χ0) is 17.9. The number of carbonyl (C=O) groups excluding carboxylic acids is 2. The molecule has 0 atom stereocenters. The van der Waals surface area contributed by atoms with Crippen LogP contribution in [-0.2, 0) is 4.79 Å². The average molecular weight is 347 g/mol. The van der Waals surface area contributed by atoms with Crippen molar-refractivity contribution in [3.8, 4) is 11.5 Å². The first-order valence-electron chi connectivity index (χ1n) is 7.35. The number of amides is 2. The molecule has 0 heterocycles. The van der Waals surface area contributed by atoms with Crippen LogP contribution in [0, 0.1) is 5.41 Å². The van der Waals surface area contributed by atoms with Gasteiger partial charge in [0.05, 0.1) is 5.02 Å². The Morgan fingerprint density at radius 3 is 2.21 bits per heavy atom. The first kappa shape index (κ1) is 17.8. The molecular weight excluding hydrogens is 328 g/mol. The van der Waals surface area contributed by atoms with Crippen molar-refractivity contribution in [3.63, 3.8) is 0 Å². The normalized spacial score (nSPS) is 11.0. The monoisotopic (exact) mass is 346 g/mol. The van der Waals surface area contributed by atoms with Crippen LogP contribution in [0.5, 0.6) is 11.5 Å². The van der Waals surface area contributed by atoms with E-state index in [0.29, 0.717) is 27.8 Å². The summed E-state index contributed by atoms with van der Waals surface area (Å²) in [5.74, 6) is 0.360. The van der Waals surface area contributed by atoms with Crippen LogP contribution < -0.4 is 15.8 Å². The number of nitrogens with one attached hydrogen (secondary N) is 1. The van der Waals surface area contributed by atoms with E-state index in [9.17, 15) is 9.59 Å².